The van der Waals surface area contributed by atoms with E-state index in [1.807, 2.05) is 41.1 Å². The Kier molecular flexibility index (Phi) is 4.50. The Morgan fingerprint density at radius 1 is 1.11 bits per heavy atom. The molecule has 0 atom stereocenters. The van der Waals surface area contributed by atoms with Gasteiger partial charge in [-0.15, -0.1) is 0 Å². The molecule has 18 heavy (non-hydrogen) atoms. The number of aliphatic hydroxyl groups excluding tert-OH is 1. The summed E-state index contributed by atoms with van der Waals surface area (Å²) in [4.78, 5) is 11.7. The molecular formula is C14H15NO2S. The maximum absolute atomic E-state index is 11.7. The van der Waals surface area contributed by atoms with Gasteiger partial charge in [0.2, 0.25) is 5.91 Å². The van der Waals surface area contributed by atoms with Gasteiger partial charge >= 0.3 is 0 Å². The third-order valence-corrected chi connectivity index (χ3v) is 3.37. The number of carbonyl (C=O) groups is 1. The summed E-state index contributed by atoms with van der Waals surface area (Å²) in [6.07, 6.45) is 0.429. The number of thiophene rings is 1. The molecule has 0 aliphatic carbocycles. The second kappa shape index (κ2) is 6.33. The van der Waals surface area contributed by atoms with Crippen molar-refractivity contribution in [3.8, 4) is 0 Å². The summed E-state index contributed by atoms with van der Waals surface area (Å²) in [5.41, 5.74) is 2.96. The van der Waals surface area contributed by atoms with Crippen LogP contribution in [0.15, 0.2) is 41.1 Å². The summed E-state index contributed by atoms with van der Waals surface area (Å²) in [6, 6.07) is 9.51. The first-order chi connectivity index (χ1) is 8.78. The van der Waals surface area contributed by atoms with E-state index in [4.69, 9.17) is 5.11 Å². The lowest BCUT2D eigenvalue weighted by molar-refractivity contribution is -0.120. The normalized spacial score (nSPS) is 10.3. The first kappa shape index (κ1) is 12.8. The molecule has 2 N–H and O–H groups in total. The SMILES string of the molecule is O=C(Cc1ccsc1)NCc1ccc(CO)cc1. The van der Waals surface area contributed by atoms with E-state index >= 15 is 0 Å². The summed E-state index contributed by atoms with van der Waals surface area (Å²) in [5, 5.41) is 15.7. The quantitative estimate of drug-likeness (QED) is 0.866. The van der Waals surface area contributed by atoms with Crippen molar-refractivity contribution in [2.75, 3.05) is 0 Å². The lowest BCUT2D eigenvalue weighted by Gasteiger charge is -2.05. The van der Waals surface area contributed by atoms with Gasteiger partial charge in [0.05, 0.1) is 13.0 Å². The molecule has 0 saturated heterocycles. The lowest BCUT2D eigenvalue weighted by Crippen LogP contribution is -2.24. The molecule has 1 aromatic heterocycles. The highest BCUT2D eigenvalue weighted by molar-refractivity contribution is 7.07. The number of amides is 1. The Balaban J connectivity index is 1.81. The zero-order valence-corrected chi connectivity index (χ0v) is 10.7. The van der Waals surface area contributed by atoms with Crippen LogP contribution >= 0.6 is 11.3 Å². The van der Waals surface area contributed by atoms with Crippen LogP contribution in [0.4, 0.5) is 0 Å². The predicted octanol–water partition coefficient (Wildman–Crippen LogP) is 2.10. The van der Waals surface area contributed by atoms with E-state index < -0.39 is 0 Å². The number of benzene rings is 1. The Hall–Kier alpha value is -1.65. The van der Waals surface area contributed by atoms with Crippen LogP contribution in [0.2, 0.25) is 0 Å². The lowest BCUT2D eigenvalue weighted by atomic mass is 10.1. The second-order valence-corrected chi connectivity index (χ2v) is 4.84. The fourth-order valence-corrected chi connectivity index (χ4v) is 2.27. The summed E-state index contributed by atoms with van der Waals surface area (Å²) in [6.45, 7) is 0.569. The fraction of sp³-hybridized carbons (Fsp3) is 0.214. The van der Waals surface area contributed by atoms with Crippen LogP contribution in [-0.2, 0) is 24.4 Å². The Bertz CT molecular complexity index is 491. The molecule has 0 unspecified atom stereocenters. The van der Waals surface area contributed by atoms with E-state index in [1.54, 1.807) is 11.3 Å². The standard InChI is InChI=1S/C14H15NO2S/c16-9-12-3-1-11(2-4-12)8-15-14(17)7-13-5-6-18-10-13/h1-6,10,16H,7-9H2,(H,15,17). The van der Waals surface area contributed by atoms with Crippen molar-refractivity contribution in [3.05, 3.63) is 57.8 Å². The van der Waals surface area contributed by atoms with Crippen molar-refractivity contribution < 1.29 is 9.90 Å². The highest BCUT2D eigenvalue weighted by Gasteiger charge is 2.03. The van der Waals surface area contributed by atoms with E-state index in [-0.39, 0.29) is 12.5 Å². The van der Waals surface area contributed by atoms with Gasteiger partial charge in [-0.05, 0) is 33.5 Å². The first-order valence-corrected chi connectivity index (χ1v) is 6.68. The van der Waals surface area contributed by atoms with Gasteiger partial charge in [-0.2, -0.15) is 11.3 Å². The molecule has 0 aliphatic rings. The molecule has 0 aliphatic heterocycles. The van der Waals surface area contributed by atoms with Gasteiger partial charge in [0.25, 0.3) is 0 Å². The molecule has 0 bridgehead atoms. The van der Waals surface area contributed by atoms with Crippen LogP contribution in [0.1, 0.15) is 16.7 Å². The van der Waals surface area contributed by atoms with E-state index in [9.17, 15) is 4.79 Å². The minimum atomic E-state index is 0.0274. The van der Waals surface area contributed by atoms with Crippen molar-refractivity contribution in [2.45, 2.75) is 19.6 Å². The van der Waals surface area contributed by atoms with Crippen LogP contribution < -0.4 is 5.32 Å². The Labute approximate surface area is 110 Å². The molecule has 0 fully saturated rings. The number of rotatable bonds is 5. The number of hydrogen-bond acceptors (Lipinski definition) is 3. The van der Waals surface area contributed by atoms with Crippen molar-refractivity contribution in [1.82, 2.24) is 5.32 Å². The van der Waals surface area contributed by atoms with Crippen molar-refractivity contribution in [3.63, 3.8) is 0 Å². The maximum Gasteiger partial charge on any atom is 0.224 e. The van der Waals surface area contributed by atoms with Crippen LogP contribution in [0, 0.1) is 0 Å². The number of aliphatic hydroxyl groups is 1. The summed E-state index contributed by atoms with van der Waals surface area (Å²) in [5.74, 6) is 0.0274. The molecule has 0 spiro atoms. The van der Waals surface area contributed by atoms with Crippen LogP contribution in [0.5, 0.6) is 0 Å². The van der Waals surface area contributed by atoms with Gasteiger partial charge in [0.15, 0.2) is 0 Å². The van der Waals surface area contributed by atoms with Crippen LogP contribution in [0.3, 0.4) is 0 Å². The zero-order valence-electron chi connectivity index (χ0n) is 9.93. The van der Waals surface area contributed by atoms with Gasteiger partial charge in [0.1, 0.15) is 0 Å². The first-order valence-electron chi connectivity index (χ1n) is 5.74. The minimum Gasteiger partial charge on any atom is -0.392 e. The predicted molar refractivity (Wildman–Crippen MR) is 72.2 cm³/mol. The Morgan fingerprint density at radius 2 is 1.83 bits per heavy atom. The zero-order chi connectivity index (χ0) is 12.8. The number of nitrogens with one attached hydrogen (secondary N) is 1. The largest absolute Gasteiger partial charge is 0.392 e. The summed E-state index contributed by atoms with van der Waals surface area (Å²) < 4.78 is 0. The molecule has 2 rings (SSSR count). The van der Waals surface area contributed by atoms with Crippen LogP contribution in [0.25, 0.3) is 0 Å². The minimum absolute atomic E-state index is 0.0274. The molecule has 4 heteroatoms. The third-order valence-electron chi connectivity index (χ3n) is 2.64. The molecule has 2 aromatic rings. The second-order valence-electron chi connectivity index (χ2n) is 4.06. The molecule has 1 heterocycles. The molecule has 94 valence electrons. The number of hydrogen-bond donors (Lipinski definition) is 2. The topological polar surface area (TPSA) is 49.3 Å². The highest BCUT2D eigenvalue weighted by Crippen LogP contribution is 2.07. The van der Waals surface area contributed by atoms with Crippen LogP contribution in [-0.4, -0.2) is 11.0 Å². The fourth-order valence-electron chi connectivity index (χ4n) is 1.60. The van der Waals surface area contributed by atoms with Gasteiger partial charge in [-0.3, -0.25) is 4.79 Å². The van der Waals surface area contributed by atoms with Gasteiger partial charge in [-0.25, -0.2) is 0 Å². The van der Waals surface area contributed by atoms with E-state index in [1.165, 1.54) is 0 Å². The van der Waals surface area contributed by atoms with E-state index in [0.717, 1.165) is 16.7 Å². The molecule has 1 amide bonds. The number of carbonyl (C=O) groups excluding carboxylic acids is 1. The van der Waals surface area contributed by atoms with Crippen molar-refractivity contribution in [1.29, 1.82) is 0 Å². The smallest absolute Gasteiger partial charge is 0.224 e. The van der Waals surface area contributed by atoms with Gasteiger partial charge in [0, 0.05) is 6.54 Å². The maximum atomic E-state index is 11.7. The summed E-state index contributed by atoms with van der Waals surface area (Å²) >= 11 is 1.60. The average molecular weight is 261 g/mol. The monoisotopic (exact) mass is 261 g/mol. The van der Waals surface area contributed by atoms with Gasteiger partial charge < -0.3 is 10.4 Å². The molecule has 1 aromatic carbocycles. The van der Waals surface area contributed by atoms with E-state index in [0.29, 0.717) is 13.0 Å². The molecule has 3 nitrogen and oxygen atoms in total. The van der Waals surface area contributed by atoms with Crippen molar-refractivity contribution in [2.24, 2.45) is 0 Å². The third kappa shape index (κ3) is 3.68. The molecule has 0 saturated carbocycles. The summed E-state index contributed by atoms with van der Waals surface area (Å²) in [7, 11) is 0. The molecule has 0 radical (unpaired) electrons. The Morgan fingerprint density at radius 3 is 2.44 bits per heavy atom. The highest BCUT2D eigenvalue weighted by atomic mass is 32.1. The average Bonchev–Trinajstić information content (AvgIpc) is 2.90. The molecular weight excluding hydrogens is 246 g/mol. The van der Waals surface area contributed by atoms with E-state index in [2.05, 4.69) is 5.32 Å². The van der Waals surface area contributed by atoms with Gasteiger partial charge in [-0.1, -0.05) is 24.3 Å². The van der Waals surface area contributed by atoms with Crippen molar-refractivity contribution >= 4 is 17.2 Å².